The lowest BCUT2D eigenvalue weighted by molar-refractivity contribution is 0.000337. The Hall–Kier alpha value is -3.95. The maximum atomic E-state index is 13.5. The van der Waals surface area contributed by atoms with Crippen LogP contribution in [0.15, 0.2) is 42.5 Å². The molecule has 0 bridgehead atoms. The fourth-order valence-electron chi connectivity index (χ4n) is 5.91. The number of hydrogen-bond acceptors (Lipinski definition) is 7. The zero-order valence-electron chi connectivity index (χ0n) is 25.1. The Morgan fingerprint density at radius 2 is 1.69 bits per heavy atom. The summed E-state index contributed by atoms with van der Waals surface area (Å²) >= 11 is 0. The van der Waals surface area contributed by atoms with E-state index in [1.54, 1.807) is 35.1 Å². The van der Waals surface area contributed by atoms with Gasteiger partial charge in [0.15, 0.2) is 0 Å². The predicted molar refractivity (Wildman–Crippen MR) is 157 cm³/mol. The molecule has 3 aliphatic heterocycles. The Bertz CT molecular complexity index is 1320. The lowest BCUT2D eigenvalue weighted by Crippen LogP contribution is -2.50. The van der Waals surface area contributed by atoms with E-state index in [9.17, 15) is 14.4 Å². The van der Waals surface area contributed by atoms with Crippen LogP contribution in [0.5, 0.6) is 11.5 Å². The molecule has 3 aliphatic rings. The first-order chi connectivity index (χ1) is 20.0. The number of methoxy groups -OCH3 is 1. The maximum Gasteiger partial charge on any atom is 0.414 e. The molecule has 2 unspecified atom stereocenters. The van der Waals surface area contributed by atoms with Crippen LogP contribution in [0, 0.1) is 5.92 Å². The van der Waals surface area contributed by atoms with Crippen molar-refractivity contribution < 1.29 is 33.3 Å². The van der Waals surface area contributed by atoms with Crippen molar-refractivity contribution >= 4 is 23.8 Å². The number of hydrogen-bond donors (Lipinski definition) is 0. The molecule has 2 aromatic rings. The van der Waals surface area contributed by atoms with Gasteiger partial charge >= 0.3 is 12.2 Å². The summed E-state index contributed by atoms with van der Waals surface area (Å²) in [5.74, 6) is 1.06. The van der Waals surface area contributed by atoms with Gasteiger partial charge in [-0.2, -0.15) is 0 Å². The van der Waals surface area contributed by atoms with Crippen LogP contribution >= 0.6 is 0 Å². The van der Waals surface area contributed by atoms with Crippen molar-refractivity contribution in [2.45, 2.75) is 71.3 Å². The van der Waals surface area contributed by atoms with Crippen LogP contribution in [0.4, 0.5) is 15.3 Å². The minimum Gasteiger partial charge on any atom is -0.496 e. The second kappa shape index (κ2) is 12.1. The molecule has 5 rings (SSSR count). The fourth-order valence-corrected chi connectivity index (χ4v) is 5.91. The SMILES string of the molecule is COc1cc(OC2CCN(C(=O)OC(C)(C)C)CC2C)ccc1C(=O)N1CCC(N2C(=O)OCc3ccccc32)CC1. The van der Waals surface area contributed by atoms with E-state index >= 15 is 0 Å². The van der Waals surface area contributed by atoms with Gasteiger partial charge in [0.25, 0.3) is 5.91 Å². The minimum atomic E-state index is -0.535. The fraction of sp³-hybridized carbons (Fsp3) is 0.531. The van der Waals surface area contributed by atoms with Gasteiger partial charge in [0.05, 0.1) is 18.4 Å². The van der Waals surface area contributed by atoms with E-state index < -0.39 is 5.60 Å². The number of cyclic esters (lactones) is 1. The van der Waals surface area contributed by atoms with E-state index in [1.807, 2.05) is 49.9 Å². The van der Waals surface area contributed by atoms with Gasteiger partial charge in [-0.3, -0.25) is 9.69 Å². The molecule has 3 heterocycles. The van der Waals surface area contributed by atoms with Crippen molar-refractivity contribution in [2.24, 2.45) is 5.92 Å². The number of nitrogens with zero attached hydrogens (tertiary/aromatic N) is 3. The van der Waals surface area contributed by atoms with Crippen molar-refractivity contribution in [2.75, 3.05) is 38.2 Å². The smallest absolute Gasteiger partial charge is 0.414 e. The van der Waals surface area contributed by atoms with Gasteiger partial charge in [-0.1, -0.05) is 25.1 Å². The molecule has 0 aliphatic carbocycles. The van der Waals surface area contributed by atoms with Crippen molar-refractivity contribution in [1.29, 1.82) is 0 Å². The Morgan fingerprint density at radius 1 is 0.976 bits per heavy atom. The summed E-state index contributed by atoms with van der Waals surface area (Å²) in [5.41, 5.74) is 1.82. The molecule has 2 aromatic carbocycles. The third kappa shape index (κ3) is 6.42. The number of ether oxygens (including phenoxy) is 4. The Kier molecular flexibility index (Phi) is 8.52. The molecule has 3 amide bonds. The van der Waals surface area contributed by atoms with Crippen molar-refractivity contribution in [1.82, 2.24) is 9.80 Å². The average molecular weight is 580 g/mol. The average Bonchev–Trinajstić information content (AvgIpc) is 2.97. The number of para-hydroxylation sites is 1. The lowest BCUT2D eigenvalue weighted by atomic mass is 9.96. The zero-order valence-corrected chi connectivity index (χ0v) is 25.1. The van der Waals surface area contributed by atoms with Crippen molar-refractivity contribution in [3.63, 3.8) is 0 Å². The zero-order chi connectivity index (χ0) is 30.0. The van der Waals surface area contributed by atoms with Crippen molar-refractivity contribution in [3.05, 3.63) is 53.6 Å². The first kappa shape index (κ1) is 29.5. The Morgan fingerprint density at radius 3 is 2.38 bits per heavy atom. The monoisotopic (exact) mass is 579 g/mol. The lowest BCUT2D eigenvalue weighted by Gasteiger charge is -2.40. The molecule has 0 radical (unpaired) electrons. The minimum absolute atomic E-state index is 0.0376. The Labute approximate surface area is 247 Å². The summed E-state index contributed by atoms with van der Waals surface area (Å²) in [7, 11) is 1.55. The van der Waals surface area contributed by atoms with E-state index in [-0.39, 0.29) is 42.8 Å². The number of fused-ring (bicyclic) bond motifs is 1. The molecule has 226 valence electrons. The second-order valence-corrected chi connectivity index (χ2v) is 12.3. The molecule has 2 saturated heterocycles. The molecule has 0 saturated carbocycles. The summed E-state index contributed by atoms with van der Waals surface area (Å²) < 4.78 is 22.8. The van der Waals surface area contributed by atoms with Crippen LogP contribution in [-0.4, -0.2) is 78.9 Å². The predicted octanol–water partition coefficient (Wildman–Crippen LogP) is 5.48. The van der Waals surface area contributed by atoms with E-state index in [1.165, 1.54) is 0 Å². The second-order valence-electron chi connectivity index (χ2n) is 12.3. The number of likely N-dealkylation sites (tertiary alicyclic amines) is 2. The number of carbonyl (C=O) groups is 3. The van der Waals surface area contributed by atoms with Gasteiger partial charge in [0.2, 0.25) is 0 Å². The van der Waals surface area contributed by atoms with Crippen LogP contribution in [0.1, 0.15) is 62.9 Å². The summed E-state index contributed by atoms with van der Waals surface area (Å²) in [4.78, 5) is 43.9. The van der Waals surface area contributed by atoms with Crippen LogP contribution in [0.2, 0.25) is 0 Å². The van der Waals surface area contributed by atoms with Crippen LogP contribution < -0.4 is 14.4 Å². The third-order valence-electron chi connectivity index (χ3n) is 8.08. The topological polar surface area (TPSA) is 97.8 Å². The number of amides is 3. The molecule has 10 nitrogen and oxygen atoms in total. The molecular weight excluding hydrogens is 538 g/mol. The van der Waals surface area contributed by atoms with Gasteiger partial charge in [-0.05, 0) is 51.8 Å². The standard InChI is InChI=1S/C32H41N3O7/c1-21-19-34(30(37)42-32(2,3)4)17-14-27(21)41-24-10-11-25(28(18-24)39-5)29(36)33-15-12-23(13-16-33)35-26-9-7-6-8-22(26)20-40-31(35)38/h6-11,18,21,23,27H,12-17,19-20H2,1-5H3. The number of carbonyl (C=O) groups excluding carboxylic acids is 3. The summed E-state index contributed by atoms with van der Waals surface area (Å²) in [5, 5.41) is 0. The highest BCUT2D eigenvalue weighted by molar-refractivity contribution is 5.97. The largest absolute Gasteiger partial charge is 0.496 e. The van der Waals surface area contributed by atoms with E-state index in [4.69, 9.17) is 18.9 Å². The highest BCUT2D eigenvalue weighted by Gasteiger charge is 2.36. The van der Waals surface area contributed by atoms with Gasteiger partial charge in [-0.15, -0.1) is 0 Å². The van der Waals surface area contributed by atoms with Crippen LogP contribution in [-0.2, 0) is 16.1 Å². The quantitative estimate of drug-likeness (QED) is 0.463. The van der Waals surface area contributed by atoms with Gasteiger partial charge in [0.1, 0.15) is 29.8 Å². The normalized spacial score (nSPS) is 21.4. The van der Waals surface area contributed by atoms with Gasteiger partial charge in [0, 0.05) is 56.2 Å². The van der Waals surface area contributed by atoms with E-state index in [0.29, 0.717) is 62.5 Å². The van der Waals surface area contributed by atoms with E-state index in [2.05, 4.69) is 6.92 Å². The maximum absolute atomic E-state index is 13.5. The molecule has 0 N–H and O–H groups in total. The first-order valence-corrected chi connectivity index (χ1v) is 14.7. The van der Waals surface area contributed by atoms with Crippen LogP contribution in [0.3, 0.4) is 0 Å². The molecule has 2 atom stereocenters. The molecule has 0 aromatic heterocycles. The van der Waals surface area contributed by atoms with Crippen molar-refractivity contribution in [3.8, 4) is 11.5 Å². The highest BCUT2D eigenvalue weighted by Crippen LogP contribution is 2.34. The molecule has 2 fully saturated rings. The van der Waals surface area contributed by atoms with Gasteiger partial charge in [-0.25, -0.2) is 9.59 Å². The Balaban J connectivity index is 1.19. The third-order valence-corrected chi connectivity index (χ3v) is 8.08. The number of rotatable bonds is 5. The number of benzene rings is 2. The van der Waals surface area contributed by atoms with Gasteiger partial charge < -0.3 is 28.7 Å². The number of anilines is 1. The first-order valence-electron chi connectivity index (χ1n) is 14.7. The summed E-state index contributed by atoms with van der Waals surface area (Å²) in [6.07, 6.45) is 1.26. The van der Waals surface area contributed by atoms with Crippen LogP contribution in [0.25, 0.3) is 0 Å². The summed E-state index contributed by atoms with van der Waals surface area (Å²) in [6.45, 7) is 10.1. The summed E-state index contributed by atoms with van der Waals surface area (Å²) in [6, 6.07) is 13.1. The molecular formula is C32H41N3O7. The number of piperidine rings is 2. The highest BCUT2D eigenvalue weighted by atomic mass is 16.6. The molecule has 42 heavy (non-hydrogen) atoms. The molecule has 0 spiro atoms. The van der Waals surface area contributed by atoms with E-state index in [0.717, 1.165) is 11.3 Å². The molecule has 10 heteroatoms.